The maximum Gasteiger partial charge on any atom is 0.586 e. The van der Waals surface area contributed by atoms with Crippen LogP contribution in [0.5, 0.6) is 11.5 Å². The standard InChI is InChI=1S/C14H15F2NO4/c15-14(16)20-11-2-1-10(8-12(11)21-14)7-9-3-5-17(6-4-9)13(18)19/h1-2,8-9H,3-7H2,(H,18,19). The summed E-state index contributed by atoms with van der Waals surface area (Å²) >= 11 is 0. The Morgan fingerprint density at radius 2 is 1.95 bits per heavy atom. The largest absolute Gasteiger partial charge is 0.586 e. The van der Waals surface area contributed by atoms with Gasteiger partial charge in [-0.05, 0) is 42.9 Å². The van der Waals surface area contributed by atoms with Crippen molar-refractivity contribution in [1.29, 1.82) is 0 Å². The van der Waals surface area contributed by atoms with Crippen molar-refractivity contribution in [3.63, 3.8) is 0 Å². The highest BCUT2D eigenvalue weighted by Crippen LogP contribution is 2.41. The van der Waals surface area contributed by atoms with Crippen molar-refractivity contribution in [2.24, 2.45) is 5.92 Å². The number of piperidine rings is 1. The highest BCUT2D eigenvalue weighted by molar-refractivity contribution is 5.65. The summed E-state index contributed by atoms with van der Waals surface area (Å²) in [4.78, 5) is 12.2. The number of rotatable bonds is 2. The number of nitrogens with zero attached hydrogens (tertiary/aromatic N) is 1. The van der Waals surface area contributed by atoms with Crippen molar-refractivity contribution in [3.05, 3.63) is 23.8 Å². The van der Waals surface area contributed by atoms with Gasteiger partial charge in [-0.2, -0.15) is 0 Å². The molecule has 2 aliphatic rings. The van der Waals surface area contributed by atoms with E-state index in [1.54, 1.807) is 12.1 Å². The average molecular weight is 299 g/mol. The topological polar surface area (TPSA) is 59.0 Å². The monoisotopic (exact) mass is 299 g/mol. The number of halogens is 2. The molecule has 0 bridgehead atoms. The van der Waals surface area contributed by atoms with Crippen LogP contribution in [0.25, 0.3) is 0 Å². The molecule has 3 rings (SSSR count). The van der Waals surface area contributed by atoms with Gasteiger partial charge in [-0.15, -0.1) is 8.78 Å². The predicted octanol–water partition coefficient (Wildman–Crippen LogP) is 2.94. The Morgan fingerprint density at radius 3 is 2.62 bits per heavy atom. The van der Waals surface area contributed by atoms with Crippen LogP contribution < -0.4 is 9.47 Å². The number of carboxylic acid groups (broad SMARTS) is 1. The summed E-state index contributed by atoms with van der Waals surface area (Å²) in [5.74, 6) is 0.450. The van der Waals surface area contributed by atoms with E-state index in [0.29, 0.717) is 19.0 Å². The van der Waals surface area contributed by atoms with Crippen molar-refractivity contribution < 1.29 is 28.2 Å². The molecular formula is C14H15F2NO4. The normalized spacial score (nSPS) is 20.6. The molecule has 114 valence electrons. The van der Waals surface area contributed by atoms with Gasteiger partial charge in [0.25, 0.3) is 0 Å². The molecule has 1 N–H and O–H groups in total. The number of hydrogen-bond donors (Lipinski definition) is 1. The van der Waals surface area contributed by atoms with Gasteiger partial charge >= 0.3 is 12.4 Å². The molecule has 1 amide bonds. The smallest absolute Gasteiger partial charge is 0.465 e. The van der Waals surface area contributed by atoms with Gasteiger partial charge in [0, 0.05) is 13.1 Å². The molecule has 0 aromatic heterocycles. The van der Waals surface area contributed by atoms with E-state index >= 15 is 0 Å². The molecule has 0 radical (unpaired) electrons. The fraction of sp³-hybridized carbons (Fsp3) is 0.500. The molecule has 1 fully saturated rings. The summed E-state index contributed by atoms with van der Waals surface area (Å²) < 4.78 is 34.7. The van der Waals surface area contributed by atoms with Gasteiger partial charge in [-0.25, -0.2) is 4.79 Å². The number of carbonyl (C=O) groups is 1. The van der Waals surface area contributed by atoms with Gasteiger partial charge in [0.05, 0.1) is 0 Å². The first-order chi connectivity index (χ1) is 9.93. The van der Waals surface area contributed by atoms with Crippen molar-refractivity contribution in [2.75, 3.05) is 13.1 Å². The van der Waals surface area contributed by atoms with E-state index in [2.05, 4.69) is 9.47 Å². The molecule has 21 heavy (non-hydrogen) atoms. The minimum atomic E-state index is -3.59. The number of alkyl halides is 2. The quantitative estimate of drug-likeness (QED) is 0.912. The first-order valence-electron chi connectivity index (χ1n) is 6.79. The van der Waals surface area contributed by atoms with E-state index in [-0.39, 0.29) is 11.5 Å². The van der Waals surface area contributed by atoms with Crippen LogP contribution in [0.4, 0.5) is 13.6 Å². The fourth-order valence-electron chi connectivity index (χ4n) is 2.78. The summed E-state index contributed by atoms with van der Waals surface area (Å²) in [6.07, 6.45) is -2.21. The number of amides is 1. The van der Waals surface area contributed by atoms with E-state index in [4.69, 9.17) is 5.11 Å². The lowest BCUT2D eigenvalue weighted by Gasteiger charge is -2.30. The summed E-state index contributed by atoms with van der Waals surface area (Å²) in [5.41, 5.74) is 0.892. The molecule has 5 nitrogen and oxygen atoms in total. The molecule has 1 aromatic rings. The molecule has 1 saturated heterocycles. The van der Waals surface area contributed by atoms with Gasteiger partial charge in [0.2, 0.25) is 0 Å². The van der Waals surface area contributed by atoms with E-state index in [0.717, 1.165) is 24.8 Å². The van der Waals surface area contributed by atoms with Crippen LogP contribution in [-0.4, -0.2) is 35.5 Å². The van der Waals surface area contributed by atoms with E-state index in [9.17, 15) is 13.6 Å². The van der Waals surface area contributed by atoms with Crippen molar-refractivity contribution in [1.82, 2.24) is 4.90 Å². The third-order valence-corrected chi connectivity index (χ3v) is 3.88. The van der Waals surface area contributed by atoms with Crippen molar-refractivity contribution >= 4 is 6.09 Å². The number of ether oxygens (including phenoxy) is 2. The summed E-state index contributed by atoms with van der Waals surface area (Å²) in [6.45, 7) is 1.03. The number of hydrogen-bond acceptors (Lipinski definition) is 3. The van der Waals surface area contributed by atoms with Gasteiger partial charge < -0.3 is 19.5 Å². The second-order valence-corrected chi connectivity index (χ2v) is 5.37. The van der Waals surface area contributed by atoms with Crippen LogP contribution in [-0.2, 0) is 6.42 Å². The number of likely N-dealkylation sites (tertiary alicyclic amines) is 1. The van der Waals surface area contributed by atoms with E-state index < -0.39 is 12.4 Å². The molecule has 0 unspecified atom stereocenters. The van der Waals surface area contributed by atoms with Gasteiger partial charge in [-0.3, -0.25) is 0 Å². The molecular weight excluding hydrogens is 284 g/mol. The second kappa shape index (κ2) is 5.05. The highest BCUT2D eigenvalue weighted by atomic mass is 19.3. The lowest BCUT2D eigenvalue weighted by Crippen LogP contribution is -2.37. The predicted molar refractivity (Wildman–Crippen MR) is 68.7 cm³/mol. The Labute approximate surface area is 120 Å². The summed E-state index contributed by atoms with van der Waals surface area (Å²) in [7, 11) is 0. The van der Waals surface area contributed by atoms with Crippen LogP contribution in [0, 0.1) is 5.92 Å². The fourth-order valence-corrected chi connectivity index (χ4v) is 2.78. The van der Waals surface area contributed by atoms with Crippen LogP contribution in [0.3, 0.4) is 0 Å². The minimum absolute atomic E-state index is 0.0458. The molecule has 2 heterocycles. The van der Waals surface area contributed by atoms with Gasteiger partial charge in [0.15, 0.2) is 11.5 Å². The third-order valence-electron chi connectivity index (χ3n) is 3.88. The molecule has 2 aliphatic heterocycles. The van der Waals surface area contributed by atoms with Crippen LogP contribution in [0.2, 0.25) is 0 Å². The van der Waals surface area contributed by atoms with Crippen LogP contribution >= 0.6 is 0 Å². The lowest BCUT2D eigenvalue weighted by molar-refractivity contribution is -0.286. The summed E-state index contributed by atoms with van der Waals surface area (Å²) in [6, 6.07) is 4.80. The Bertz CT molecular complexity index is 556. The first-order valence-corrected chi connectivity index (χ1v) is 6.79. The third kappa shape index (κ3) is 3.01. The number of fused-ring (bicyclic) bond motifs is 1. The molecule has 0 aliphatic carbocycles. The maximum atomic E-state index is 12.9. The zero-order valence-corrected chi connectivity index (χ0v) is 11.2. The summed E-state index contributed by atoms with van der Waals surface area (Å²) in [5, 5.41) is 8.89. The SMILES string of the molecule is O=C(O)N1CCC(Cc2ccc3c(c2)OC(F)(F)O3)CC1. The highest BCUT2D eigenvalue weighted by Gasteiger charge is 2.43. The number of benzene rings is 1. The minimum Gasteiger partial charge on any atom is -0.465 e. The Kier molecular flexibility index (Phi) is 3.35. The van der Waals surface area contributed by atoms with Gasteiger partial charge in [-0.1, -0.05) is 6.07 Å². The zero-order chi connectivity index (χ0) is 15.0. The van der Waals surface area contributed by atoms with E-state index in [1.165, 1.54) is 11.0 Å². The Hall–Kier alpha value is -2.05. The van der Waals surface area contributed by atoms with E-state index in [1.807, 2.05) is 0 Å². The molecule has 7 heteroatoms. The molecule has 0 atom stereocenters. The zero-order valence-electron chi connectivity index (χ0n) is 11.2. The average Bonchev–Trinajstić information content (AvgIpc) is 2.72. The Morgan fingerprint density at radius 1 is 1.29 bits per heavy atom. The van der Waals surface area contributed by atoms with Crippen LogP contribution in [0.15, 0.2) is 18.2 Å². The maximum absolute atomic E-state index is 12.9. The van der Waals surface area contributed by atoms with Crippen LogP contribution in [0.1, 0.15) is 18.4 Å². The first kappa shape index (κ1) is 13.9. The van der Waals surface area contributed by atoms with Crippen molar-refractivity contribution in [2.45, 2.75) is 25.6 Å². The lowest BCUT2D eigenvalue weighted by atomic mass is 9.90. The molecule has 1 aromatic carbocycles. The van der Waals surface area contributed by atoms with Gasteiger partial charge in [0.1, 0.15) is 0 Å². The van der Waals surface area contributed by atoms with Crippen molar-refractivity contribution in [3.8, 4) is 11.5 Å². The second-order valence-electron chi connectivity index (χ2n) is 5.37. The Balaban J connectivity index is 1.61. The molecule has 0 spiro atoms. The molecule has 0 saturated carbocycles.